The van der Waals surface area contributed by atoms with Gasteiger partial charge < -0.3 is 5.32 Å². The maximum Gasteiger partial charge on any atom is 0.416 e. The Morgan fingerprint density at radius 3 is 2.77 bits per heavy atom. The third kappa shape index (κ3) is 4.42. The van der Waals surface area contributed by atoms with E-state index in [1.807, 2.05) is 6.92 Å². The minimum atomic E-state index is -4.52. The van der Waals surface area contributed by atoms with Crippen LogP contribution in [0.3, 0.4) is 0 Å². The molecule has 1 amide bonds. The second-order valence-corrected chi connectivity index (χ2v) is 6.65. The standard InChI is InChI=1S/C21H15F3N6O/c1-13-2-3-15(20(31)29-18-9-16(4-6-26-18)21(22,23)24)8-14(13)5-7-30-12-28-17-10-25-11-27-19(17)30/h2-12H,1H3,(H,26,29,31)/b7-5+. The predicted octanol–water partition coefficient (Wildman–Crippen LogP) is 4.43. The molecule has 0 aliphatic carbocycles. The summed E-state index contributed by atoms with van der Waals surface area (Å²) >= 11 is 0. The Morgan fingerprint density at radius 2 is 1.97 bits per heavy atom. The fourth-order valence-electron chi connectivity index (χ4n) is 2.88. The van der Waals surface area contributed by atoms with Gasteiger partial charge in [0.25, 0.3) is 5.91 Å². The van der Waals surface area contributed by atoms with E-state index in [0.29, 0.717) is 11.2 Å². The summed E-state index contributed by atoms with van der Waals surface area (Å²) in [5.74, 6) is -0.746. The fraction of sp³-hybridized carbons (Fsp3) is 0.0952. The van der Waals surface area contributed by atoms with Crippen molar-refractivity contribution in [3.63, 3.8) is 0 Å². The molecule has 156 valence electrons. The number of rotatable bonds is 4. The molecule has 0 spiro atoms. The summed E-state index contributed by atoms with van der Waals surface area (Å²) in [6.07, 6.45) is 4.64. The SMILES string of the molecule is Cc1ccc(C(=O)Nc2cc(C(F)(F)F)ccn2)cc1/C=C/n1cnc2cncnc21. The molecule has 4 rings (SSSR count). The number of aryl methyl sites for hydroxylation is 1. The van der Waals surface area contributed by atoms with Gasteiger partial charge in [0.2, 0.25) is 0 Å². The highest BCUT2D eigenvalue weighted by atomic mass is 19.4. The van der Waals surface area contributed by atoms with Crippen LogP contribution >= 0.6 is 0 Å². The molecular formula is C21H15F3N6O. The molecule has 1 N–H and O–H groups in total. The van der Waals surface area contributed by atoms with Crippen LogP contribution < -0.4 is 5.32 Å². The lowest BCUT2D eigenvalue weighted by molar-refractivity contribution is -0.137. The summed E-state index contributed by atoms with van der Waals surface area (Å²) in [7, 11) is 0. The van der Waals surface area contributed by atoms with Crippen LogP contribution in [0.4, 0.5) is 19.0 Å². The third-order valence-corrected chi connectivity index (χ3v) is 4.52. The molecule has 10 heteroatoms. The van der Waals surface area contributed by atoms with E-state index in [1.165, 1.54) is 6.33 Å². The summed E-state index contributed by atoms with van der Waals surface area (Å²) in [5, 5.41) is 2.40. The first-order valence-corrected chi connectivity index (χ1v) is 9.07. The average molecular weight is 424 g/mol. The number of hydrogen-bond acceptors (Lipinski definition) is 5. The number of aromatic nitrogens is 5. The number of hydrogen-bond donors (Lipinski definition) is 1. The number of carbonyl (C=O) groups is 1. The smallest absolute Gasteiger partial charge is 0.307 e. The highest BCUT2D eigenvalue weighted by Crippen LogP contribution is 2.30. The van der Waals surface area contributed by atoms with E-state index in [9.17, 15) is 18.0 Å². The van der Waals surface area contributed by atoms with Crippen LogP contribution in [0.25, 0.3) is 23.4 Å². The van der Waals surface area contributed by atoms with Gasteiger partial charge in [-0.3, -0.25) is 9.36 Å². The number of carbonyl (C=O) groups excluding carboxylic acids is 1. The number of fused-ring (bicyclic) bond motifs is 1. The van der Waals surface area contributed by atoms with Gasteiger partial charge in [-0.25, -0.2) is 19.9 Å². The van der Waals surface area contributed by atoms with Crippen LogP contribution in [0.15, 0.2) is 55.4 Å². The second-order valence-electron chi connectivity index (χ2n) is 6.65. The molecule has 0 atom stereocenters. The van der Waals surface area contributed by atoms with Gasteiger partial charge in [-0.2, -0.15) is 13.2 Å². The average Bonchev–Trinajstić information content (AvgIpc) is 3.16. The highest BCUT2D eigenvalue weighted by molar-refractivity contribution is 6.04. The van der Waals surface area contributed by atoms with Crippen LogP contribution in [0.1, 0.15) is 27.0 Å². The monoisotopic (exact) mass is 424 g/mol. The van der Waals surface area contributed by atoms with E-state index in [1.54, 1.807) is 47.6 Å². The van der Waals surface area contributed by atoms with Crippen molar-refractivity contribution in [2.24, 2.45) is 0 Å². The van der Waals surface area contributed by atoms with Crippen molar-refractivity contribution in [1.29, 1.82) is 0 Å². The van der Waals surface area contributed by atoms with Gasteiger partial charge in [-0.1, -0.05) is 6.07 Å². The molecule has 0 fully saturated rings. The largest absolute Gasteiger partial charge is 0.416 e. The fourth-order valence-corrected chi connectivity index (χ4v) is 2.88. The zero-order valence-corrected chi connectivity index (χ0v) is 16.1. The molecule has 7 nitrogen and oxygen atoms in total. The normalized spacial score (nSPS) is 11.9. The summed E-state index contributed by atoms with van der Waals surface area (Å²) in [6.45, 7) is 1.88. The molecule has 3 heterocycles. The zero-order chi connectivity index (χ0) is 22.0. The van der Waals surface area contributed by atoms with Crippen molar-refractivity contribution in [2.45, 2.75) is 13.1 Å². The summed E-state index contributed by atoms with van der Waals surface area (Å²) < 4.78 is 40.3. The van der Waals surface area contributed by atoms with Gasteiger partial charge in [-0.05, 0) is 48.4 Å². The molecule has 4 aromatic rings. The molecule has 0 radical (unpaired) electrons. The molecule has 0 aliphatic rings. The van der Waals surface area contributed by atoms with Crippen molar-refractivity contribution in [3.8, 4) is 0 Å². The van der Waals surface area contributed by atoms with Gasteiger partial charge in [-0.15, -0.1) is 0 Å². The number of amides is 1. The Labute approximate surface area is 174 Å². The van der Waals surface area contributed by atoms with E-state index in [-0.39, 0.29) is 11.4 Å². The second kappa shape index (κ2) is 7.98. The summed E-state index contributed by atoms with van der Waals surface area (Å²) in [4.78, 5) is 28.7. The van der Waals surface area contributed by atoms with Gasteiger partial charge in [0, 0.05) is 18.0 Å². The number of alkyl halides is 3. The van der Waals surface area contributed by atoms with E-state index < -0.39 is 17.6 Å². The Kier molecular flexibility index (Phi) is 5.20. The number of nitrogens with zero attached hydrogens (tertiary/aromatic N) is 5. The first-order chi connectivity index (χ1) is 14.8. The number of imidazole rings is 1. The van der Waals surface area contributed by atoms with Crippen molar-refractivity contribution < 1.29 is 18.0 Å². The first-order valence-electron chi connectivity index (χ1n) is 9.07. The quantitative estimate of drug-likeness (QED) is 0.524. The minimum absolute atomic E-state index is 0.179. The molecule has 0 saturated heterocycles. The van der Waals surface area contributed by atoms with Crippen LogP contribution in [0.5, 0.6) is 0 Å². The van der Waals surface area contributed by atoms with E-state index in [0.717, 1.165) is 29.5 Å². The Balaban J connectivity index is 1.57. The zero-order valence-electron chi connectivity index (χ0n) is 16.1. The number of halogens is 3. The summed E-state index contributed by atoms with van der Waals surface area (Å²) in [5.41, 5.74) is 2.33. The molecule has 0 saturated carbocycles. The Bertz CT molecular complexity index is 1300. The number of pyridine rings is 1. The third-order valence-electron chi connectivity index (χ3n) is 4.52. The minimum Gasteiger partial charge on any atom is -0.307 e. The molecule has 0 aliphatic heterocycles. The van der Waals surface area contributed by atoms with Crippen LogP contribution in [-0.4, -0.2) is 30.4 Å². The van der Waals surface area contributed by atoms with Gasteiger partial charge in [0.1, 0.15) is 24.0 Å². The van der Waals surface area contributed by atoms with E-state index in [2.05, 4.69) is 25.3 Å². The molecule has 0 unspecified atom stereocenters. The molecular weight excluding hydrogens is 409 g/mol. The highest BCUT2D eigenvalue weighted by Gasteiger charge is 2.30. The lowest BCUT2D eigenvalue weighted by Crippen LogP contribution is -2.14. The van der Waals surface area contributed by atoms with E-state index >= 15 is 0 Å². The first kappa shape index (κ1) is 20.2. The molecule has 3 aromatic heterocycles. The van der Waals surface area contributed by atoms with Crippen LogP contribution in [0.2, 0.25) is 0 Å². The molecule has 1 aromatic carbocycles. The van der Waals surface area contributed by atoms with Crippen molar-refractivity contribution in [1.82, 2.24) is 24.5 Å². The maximum atomic E-state index is 12.9. The Hall–Kier alpha value is -4.08. The predicted molar refractivity (Wildman–Crippen MR) is 109 cm³/mol. The topological polar surface area (TPSA) is 85.6 Å². The number of nitrogens with one attached hydrogen (secondary N) is 1. The van der Waals surface area contributed by atoms with Gasteiger partial charge in [0.15, 0.2) is 5.65 Å². The lowest BCUT2D eigenvalue weighted by Gasteiger charge is -2.10. The van der Waals surface area contributed by atoms with Crippen molar-refractivity contribution in [2.75, 3.05) is 5.32 Å². The Morgan fingerprint density at radius 1 is 1.13 bits per heavy atom. The van der Waals surface area contributed by atoms with Crippen LogP contribution in [0, 0.1) is 6.92 Å². The lowest BCUT2D eigenvalue weighted by atomic mass is 10.0. The van der Waals surface area contributed by atoms with E-state index in [4.69, 9.17) is 0 Å². The van der Waals surface area contributed by atoms with Crippen molar-refractivity contribution in [3.05, 3.63) is 77.6 Å². The van der Waals surface area contributed by atoms with Crippen molar-refractivity contribution >= 4 is 35.2 Å². The van der Waals surface area contributed by atoms with Gasteiger partial charge >= 0.3 is 6.18 Å². The number of benzene rings is 1. The summed E-state index contributed by atoms with van der Waals surface area (Å²) in [6, 6.07) is 6.62. The molecule has 0 bridgehead atoms. The van der Waals surface area contributed by atoms with Crippen LogP contribution in [-0.2, 0) is 6.18 Å². The maximum absolute atomic E-state index is 12.9. The van der Waals surface area contributed by atoms with Gasteiger partial charge in [0.05, 0.1) is 11.8 Å². The number of anilines is 1. The molecule has 31 heavy (non-hydrogen) atoms.